The van der Waals surface area contributed by atoms with E-state index in [2.05, 4.69) is 22.5 Å². The lowest BCUT2D eigenvalue weighted by Gasteiger charge is -2.29. The zero-order chi connectivity index (χ0) is 16.8. The number of ether oxygens (including phenoxy) is 1. The van der Waals surface area contributed by atoms with Crippen molar-refractivity contribution in [3.8, 4) is 5.75 Å². The Bertz CT molecular complexity index is 604. The monoisotopic (exact) mass is 458 g/mol. The summed E-state index contributed by atoms with van der Waals surface area (Å²) in [5.74, 6) is 2.45. The largest absolute Gasteiger partial charge is 0.482 e. The van der Waals surface area contributed by atoms with Crippen LogP contribution in [-0.4, -0.2) is 44.7 Å². The summed E-state index contributed by atoms with van der Waals surface area (Å²) in [6.07, 6.45) is 3.47. The Morgan fingerprint density at radius 2 is 2.12 bits per heavy atom. The van der Waals surface area contributed by atoms with Gasteiger partial charge in [0.15, 0.2) is 12.6 Å². The van der Waals surface area contributed by atoms with Gasteiger partial charge < -0.3 is 20.3 Å². The van der Waals surface area contributed by atoms with E-state index < -0.39 is 0 Å². The second kappa shape index (κ2) is 9.84. The van der Waals surface area contributed by atoms with Crippen molar-refractivity contribution in [2.45, 2.75) is 26.2 Å². The normalized spacial score (nSPS) is 16.6. The maximum absolute atomic E-state index is 12.1. The minimum atomic E-state index is 0. The molecule has 0 radical (unpaired) electrons. The molecule has 3 rings (SSSR count). The number of hydrogen-bond donors (Lipinski definition) is 2. The van der Waals surface area contributed by atoms with Crippen LogP contribution in [-0.2, 0) is 4.79 Å². The Balaban J connectivity index is 0.00000225. The minimum Gasteiger partial charge on any atom is -0.482 e. The number of amides is 1. The molecular formula is C18H27IN4O2. The van der Waals surface area contributed by atoms with Crippen LogP contribution < -0.4 is 20.3 Å². The number of fused-ring (bicyclic) bond motifs is 1. The third-order valence-corrected chi connectivity index (χ3v) is 4.21. The van der Waals surface area contributed by atoms with Crippen molar-refractivity contribution in [1.82, 2.24) is 10.6 Å². The van der Waals surface area contributed by atoms with E-state index in [1.54, 1.807) is 0 Å². The van der Waals surface area contributed by atoms with Crippen LogP contribution in [0.5, 0.6) is 5.75 Å². The number of guanidine groups is 1. The van der Waals surface area contributed by atoms with Gasteiger partial charge in [-0.1, -0.05) is 12.1 Å². The van der Waals surface area contributed by atoms with Gasteiger partial charge >= 0.3 is 0 Å². The first-order valence-corrected chi connectivity index (χ1v) is 8.82. The molecule has 138 valence electrons. The first-order chi connectivity index (χ1) is 11.8. The molecule has 1 amide bonds. The summed E-state index contributed by atoms with van der Waals surface area (Å²) in [6.45, 7) is 5.40. The van der Waals surface area contributed by atoms with Gasteiger partial charge in [0.1, 0.15) is 5.75 Å². The highest BCUT2D eigenvalue weighted by Gasteiger charge is 2.24. The lowest BCUT2D eigenvalue weighted by Crippen LogP contribution is -2.42. The zero-order valence-electron chi connectivity index (χ0n) is 14.7. The van der Waals surface area contributed by atoms with Gasteiger partial charge in [-0.15, -0.1) is 24.0 Å². The summed E-state index contributed by atoms with van der Waals surface area (Å²) < 4.78 is 5.47. The summed E-state index contributed by atoms with van der Waals surface area (Å²) in [4.78, 5) is 18.5. The van der Waals surface area contributed by atoms with Gasteiger partial charge in [0.2, 0.25) is 0 Å². The minimum absolute atomic E-state index is 0. The molecule has 2 aliphatic rings. The molecule has 1 aliphatic carbocycles. The van der Waals surface area contributed by atoms with Crippen molar-refractivity contribution in [2.75, 3.05) is 37.7 Å². The Hall–Kier alpha value is -1.51. The van der Waals surface area contributed by atoms with E-state index >= 15 is 0 Å². The average molecular weight is 458 g/mol. The number of halogens is 1. The highest BCUT2D eigenvalue weighted by Crippen LogP contribution is 2.31. The first kappa shape index (κ1) is 19.8. The Labute approximate surface area is 166 Å². The molecule has 0 bridgehead atoms. The molecule has 0 saturated heterocycles. The van der Waals surface area contributed by atoms with Crippen molar-refractivity contribution in [1.29, 1.82) is 0 Å². The fourth-order valence-electron chi connectivity index (χ4n) is 2.71. The molecule has 0 spiro atoms. The number of carbonyl (C=O) groups is 1. The highest BCUT2D eigenvalue weighted by atomic mass is 127. The van der Waals surface area contributed by atoms with Crippen LogP contribution in [0.4, 0.5) is 5.69 Å². The van der Waals surface area contributed by atoms with Gasteiger partial charge in [-0.05, 0) is 44.2 Å². The quantitative estimate of drug-likeness (QED) is 0.285. The lowest BCUT2D eigenvalue weighted by atomic mass is 10.2. The maximum Gasteiger partial charge on any atom is 0.265 e. The second-order valence-corrected chi connectivity index (χ2v) is 6.25. The molecule has 1 aromatic carbocycles. The molecule has 0 aromatic heterocycles. The van der Waals surface area contributed by atoms with Crippen LogP contribution in [0.25, 0.3) is 0 Å². The number of rotatable bonds is 7. The number of anilines is 1. The van der Waals surface area contributed by atoms with Crippen LogP contribution in [0.3, 0.4) is 0 Å². The van der Waals surface area contributed by atoms with Crippen LogP contribution in [0.1, 0.15) is 26.2 Å². The van der Waals surface area contributed by atoms with Gasteiger partial charge in [0.25, 0.3) is 5.91 Å². The Kier molecular flexibility index (Phi) is 7.80. The smallest absolute Gasteiger partial charge is 0.265 e. The van der Waals surface area contributed by atoms with Crippen LogP contribution in [0.2, 0.25) is 0 Å². The fraction of sp³-hybridized carbons (Fsp3) is 0.556. The third kappa shape index (κ3) is 5.76. The number of nitrogens with one attached hydrogen (secondary N) is 2. The van der Waals surface area contributed by atoms with E-state index in [0.29, 0.717) is 6.54 Å². The molecule has 7 heteroatoms. The average Bonchev–Trinajstić information content (AvgIpc) is 3.42. The molecular weight excluding hydrogens is 431 g/mol. The molecule has 0 unspecified atom stereocenters. The van der Waals surface area contributed by atoms with E-state index in [1.807, 2.05) is 29.2 Å². The fourth-order valence-corrected chi connectivity index (χ4v) is 2.71. The molecule has 2 N–H and O–H groups in total. The van der Waals surface area contributed by atoms with Crippen LogP contribution >= 0.6 is 24.0 Å². The predicted molar refractivity (Wildman–Crippen MR) is 111 cm³/mol. The third-order valence-electron chi connectivity index (χ3n) is 4.21. The molecule has 1 aromatic rings. The lowest BCUT2D eigenvalue weighted by molar-refractivity contribution is -0.121. The predicted octanol–water partition coefficient (Wildman–Crippen LogP) is 2.39. The second-order valence-electron chi connectivity index (χ2n) is 6.25. The molecule has 1 saturated carbocycles. The summed E-state index contributed by atoms with van der Waals surface area (Å²) >= 11 is 0. The number of para-hydroxylation sites is 2. The topological polar surface area (TPSA) is 66.0 Å². The Morgan fingerprint density at radius 3 is 2.88 bits per heavy atom. The molecule has 0 atom stereocenters. The van der Waals surface area contributed by atoms with Crippen molar-refractivity contribution in [3.05, 3.63) is 24.3 Å². The number of nitrogens with zero attached hydrogens (tertiary/aromatic N) is 2. The standard InChI is InChI=1S/C18H26N4O2.HI/c1-2-19-18(21-12-14-8-9-14)20-10-5-11-22-15-6-3-4-7-16(15)24-13-17(22)23;/h3-4,6-7,14H,2,5,8-13H2,1H3,(H2,19,20,21);1H. The number of hydrogen-bond acceptors (Lipinski definition) is 3. The van der Waals surface area contributed by atoms with E-state index in [4.69, 9.17) is 4.74 Å². The highest BCUT2D eigenvalue weighted by molar-refractivity contribution is 14.0. The van der Waals surface area contributed by atoms with Gasteiger partial charge in [-0.25, -0.2) is 0 Å². The summed E-state index contributed by atoms with van der Waals surface area (Å²) in [6, 6.07) is 7.69. The first-order valence-electron chi connectivity index (χ1n) is 8.82. The van der Waals surface area contributed by atoms with Crippen LogP contribution in [0, 0.1) is 5.92 Å². The molecule has 1 aliphatic heterocycles. The number of benzene rings is 1. The van der Waals surface area contributed by atoms with Crippen molar-refractivity contribution >= 4 is 41.5 Å². The number of aliphatic imine (C=N–C) groups is 1. The van der Waals surface area contributed by atoms with E-state index in [-0.39, 0.29) is 36.5 Å². The summed E-state index contributed by atoms with van der Waals surface area (Å²) in [5.41, 5.74) is 0.864. The van der Waals surface area contributed by atoms with Crippen molar-refractivity contribution in [2.24, 2.45) is 10.9 Å². The van der Waals surface area contributed by atoms with Gasteiger partial charge in [0, 0.05) is 26.2 Å². The molecule has 1 heterocycles. The van der Waals surface area contributed by atoms with E-state index in [1.165, 1.54) is 12.8 Å². The zero-order valence-corrected chi connectivity index (χ0v) is 17.0. The van der Waals surface area contributed by atoms with Gasteiger partial charge in [-0.2, -0.15) is 0 Å². The van der Waals surface area contributed by atoms with Gasteiger partial charge in [0.05, 0.1) is 5.69 Å². The summed E-state index contributed by atoms with van der Waals surface area (Å²) in [5, 5.41) is 6.62. The van der Waals surface area contributed by atoms with E-state index in [9.17, 15) is 4.79 Å². The molecule has 25 heavy (non-hydrogen) atoms. The summed E-state index contributed by atoms with van der Waals surface area (Å²) in [7, 11) is 0. The van der Waals surface area contributed by atoms with E-state index in [0.717, 1.165) is 49.4 Å². The number of carbonyl (C=O) groups excluding carboxylic acids is 1. The van der Waals surface area contributed by atoms with Gasteiger partial charge in [-0.3, -0.25) is 9.79 Å². The molecule has 6 nitrogen and oxygen atoms in total. The van der Waals surface area contributed by atoms with Crippen molar-refractivity contribution in [3.63, 3.8) is 0 Å². The molecule has 1 fully saturated rings. The van der Waals surface area contributed by atoms with Crippen LogP contribution in [0.15, 0.2) is 29.3 Å². The maximum atomic E-state index is 12.1. The van der Waals surface area contributed by atoms with Crippen molar-refractivity contribution < 1.29 is 9.53 Å². The SMILES string of the molecule is CCNC(=NCC1CC1)NCCCN1C(=O)COc2ccccc21.I. The Morgan fingerprint density at radius 1 is 1.32 bits per heavy atom.